The van der Waals surface area contributed by atoms with Gasteiger partial charge in [-0.25, -0.2) is 0 Å². The second-order valence-electron chi connectivity index (χ2n) is 4.62. The van der Waals surface area contributed by atoms with Crippen molar-refractivity contribution in [2.45, 2.75) is 19.3 Å². The Balaban J connectivity index is 2.36. The summed E-state index contributed by atoms with van der Waals surface area (Å²) >= 11 is 0. The predicted molar refractivity (Wildman–Crippen MR) is 74.5 cm³/mol. The zero-order valence-corrected chi connectivity index (χ0v) is 12.3. The first-order valence-corrected chi connectivity index (χ1v) is 8.07. The van der Waals surface area contributed by atoms with Crippen LogP contribution in [-0.4, -0.2) is 56.6 Å². The number of nitrogens with zero attached hydrogens (tertiary/aromatic N) is 1. The summed E-state index contributed by atoms with van der Waals surface area (Å²) in [6.07, 6.45) is 3.53. The first kappa shape index (κ1) is 17.1. The zero-order chi connectivity index (χ0) is 15.0. The summed E-state index contributed by atoms with van der Waals surface area (Å²) in [5, 5.41) is 8.95. The summed E-state index contributed by atoms with van der Waals surface area (Å²) < 4.78 is 32.8. The number of nitrogens with one attached hydrogen (secondary N) is 1. The fourth-order valence-electron chi connectivity index (χ4n) is 1.97. The number of carboxylic acid groups (broad SMARTS) is 1. The molecule has 0 aromatic heterocycles. The maximum absolute atomic E-state index is 12.0. The SMILES string of the molecule is C=CCCOCCNS(=O)(=O)N1CCCC(C(=O)O)C1. The highest BCUT2D eigenvalue weighted by molar-refractivity contribution is 7.87. The lowest BCUT2D eigenvalue weighted by Crippen LogP contribution is -2.48. The van der Waals surface area contributed by atoms with Gasteiger partial charge in [0, 0.05) is 19.6 Å². The Kier molecular flexibility index (Phi) is 7.14. The maximum atomic E-state index is 12.0. The van der Waals surface area contributed by atoms with Crippen molar-refractivity contribution in [3.05, 3.63) is 12.7 Å². The normalized spacial score (nSPS) is 20.7. The molecule has 1 unspecified atom stereocenters. The third kappa shape index (κ3) is 5.58. The summed E-state index contributed by atoms with van der Waals surface area (Å²) in [6.45, 7) is 4.91. The number of ether oxygens (including phenoxy) is 1. The van der Waals surface area contributed by atoms with Gasteiger partial charge in [0.05, 0.1) is 19.1 Å². The van der Waals surface area contributed by atoms with E-state index in [2.05, 4.69) is 11.3 Å². The Morgan fingerprint density at radius 2 is 2.25 bits per heavy atom. The lowest BCUT2D eigenvalue weighted by molar-refractivity contribution is -0.142. The van der Waals surface area contributed by atoms with Crippen molar-refractivity contribution in [3.63, 3.8) is 0 Å². The smallest absolute Gasteiger partial charge is 0.307 e. The van der Waals surface area contributed by atoms with Crippen molar-refractivity contribution >= 4 is 16.2 Å². The van der Waals surface area contributed by atoms with E-state index in [-0.39, 0.29) is 19.7 Å². The van der Waals surface area contributed by atoms with E-state index in [1.165, 1.54) is 4.31 Å². The molecule has 20 heavy (non-hydrogen) atoms. The number of hydrogen-bond donors (Lipinski definition) is 2. The summed E-state index contributed by atoms with van der Waals surface area (Å²) in [4.78, 5) is 10.9. The van der Waals surface area contributed by atoms with Crippen molar-refractivity contribution in [2.24, 2.45) is 5.92 Å². The average molecular weight is 306 g/mol. The Bertz CT molecular complexity index is 424. The van der Waals surface area contributed by atoms with Gasteiger partial charge < -0.3 is 9.84 Å². The van der Waals surface area contributed by atoms with Crippen molar-refractivity contribution in [2.75, 3.05) is 32.8 Å². The molecule has 0 spiro atoms. The average Bonchev–Trinajstić information content (AvgIpc) is 2.43. The molecule has 2 N–H and O–H groups in total. The van der Waals surface area contributed by atoms with Gasteiger partial charge in [0.2, 0.25) is 0 Å². The molecule has 0 aliphatic carbocycles. The van der Waals surface area contributed by atoms with Gasteiger partial charge in [-0.05, 0) is 19.3 Å². The molecule has 0 amide bonds. The number of rotatable bonds is 9. The molecule has 1 aliphatic rings. The van der Waals surface area contributed by atoms with Gasteiger partial charge >= 0.3 is 5.97 Å². The van der Waals surface area contributed by atoms with Crippen LogP contribution in [0.3, 0.4) is 0 Å². The molecular weight excluding hydrogens is 284 g/mol. The quantitative estimate of drug-likeness (QED) is 0.469. The highest BCUT2D eigenvalue weighted by Crippen LogP contribution is 2.18. The topological polar surface area (TPSA) is 95.9 Å². The molecule has 116 valence electrons. The van der Waals surface area contributed by atoms with Crippen LogP contribution in [0.25, 0.3) is 0 Å². The van der Waals surface area contributed by atoms with E-state index in [0.717, 1.165) is 6.42 Å². The molecule has 8 heteroatoms. The summed E-state index contributed by atoms with van der Waals surface area (Å²) in [5.74, 6) is -1.57. The van der Waals surface area contributed by atoms with E-state index >= 15 is 0 Å². The number of carboxylic acids is 1. The van der Waals surface area contributed by atoms with E-state index in [0.29, 0.717) is 26.0 Å². The van der Waals surface area contributed by atoms with E-state index < -0.39 is 22.1 Å². The van der Waals surface area contributed by atoms with Crippen LogP contribution in [0.4, 0.5) is 0 Å². The first-order valence-electron chi connectivity index (χ1n) is 6.63. The number of hydrogen-bond acceptors (Lipinski definition) is 4. The molecule has 1 heterocycles. The molecule has 0 aromatic rings. The van der Waals surface area contributed by atoms with Crippen LogP contribution in [0.1, 0.15) is 19.3 Å². The van der Waals surface area contributed by atoms with Crippen LogP contribution in [-0.2, 0) is 19.7 Å². The zero-order valence-electron chi connectivity index (χ0n) is 11.5. The van der Waals surface area contributed by atoms with Crippen LogP contribution >= 0.6 is 0 Å². The second kappa shape index (κ2) is 8.35. The van der Waals surface area contributed by atoms with Crippen LogP contribution in [0.15, 0.2) is 12.7 Å². The van der Waals surface area contributed by atoms with Gasteiger partial charge in [-0.1, -0.05) is 6.08 Å². The number of carbonyl (C=O) groups is 1. The Morgan fingerprint density at radius 1 is 1.50 bits per heavy atom. The lowest BCUT2D eigenvalue weighted by Gasteiger charge is -2.29. The van der Waals surface area contributed by atoms with E-state index in [1.807, 2.05) is 0 Å². The Morgan fingerprint density at radius 3 is 2.90 bits per heavy atom. The molecule has 1 saturated heterocycles. The van der Waals surface area contributed by atoms with Gasteiger partial charge in [0.1, 0.15) is 0 Å². The van der Waals surface area contributed by atoms with Crippen molar-refractivity contribution in [1.29, 1.82) is 0 Å². The van der Waals surface area contributed by atoms with Gasteiger partial charge in [0.25, 0.3) is 10.2 Å². The van der Waals surface area contributed by atoms with E-state index in [4.69, 9.17) is 9.84 Å². The van der Waals surface area contributed by atoms with Gasteiger partial charge in [-0.15, -0.1) is 6.58 Å². The summed E-state index contributed by atoms with van der Waals surface area (Å²) in [6, 6.07) is 0. The monoisotopic (exact) mass is 306 g/mol. The molecule has 1 fully saturated rings. The standard InChI is InChI=1S/C12H22N2O5S/c1-2-3-8-19-9-6-13-20(17,18)14-7-4-5-11(10-14)12(15)16/h2,11,13H,1,3-10H2,(H,15,16). The minimum atomic E-state index is -3.62. The van der Waals surface area contributed by atoms with Crippen molar-refractivity contribution in [3.8, 4) is 0 Å². The molecule has 0 aromatic carbocycles. The van der Waals surface area contributed by atoms with Crippen LogP contribution in [0, 0.1) is 5.92 Å². The third-order valence-corrected chi connectivity index (χ3v) is 4.65. The minimum Gasteiger partial charge on any atom is -0.481 e. The van der Waals surface area contributed by atoms with Crippen LogP contribution in [0.5, 0.6) is 0 Å². The van der Waals surface area contributed by atoms with Gasteiger partial charge in [-0.3, -0.25) is 4.79 Å². The molecule has 0 saturated carbocycles. The highest BCUT2D eigenvalue weighted by atomic mass is 32.2. The number of aliphatic carboxylic acids is 1. The Hall–Kier alpha value is -0.960. The molecule has 1 atom stereocenters. The molecule has 1 rings (SSSR count). The van der Waals surface area contributed by atoms with Gasteiger partial charge in [0.15, 0.2) is 0 Å². The molecule has 1 aliphatic heterocycles. The maximum Gasteiger partial charge on any atom is 0.307 e. The minimum absolute atomic E-state index is 0.0297. The van der Waals surface area contributed by atoms with E-state index in [9.17, 15) is 13.2 Å². The predicted octanol–water partition coefficient (Wildman–Crippen LogP) is 0.210. The lowest BCUT2D eigenvalue weighted by atomic mass is 10.0. The Labute approximate surface area is 119 Å². The van der Waals surface area contributed by atoms with E-state index in [1.54, 1.807) is 6.08 Å². The van der Waals surface area contributed by atoms with Crippen molar-refractivity contribution in [1.82, 2.24) is 9.03 Å². The fourth-order valence-corrected chi connectivity index (χ4v) is 3.23. The summed E-state index contributed by atoms with van der Waals surface area (Å²) in [7, 11) is -3.62. The van der Waals surface area contributed by atoms with Crippen molar-refractivity contribution < 1.29 is 23.1 Å². The largest absolute Gasteiger partial charge is 0.481 e. The van der Waals surface area contributed by atoms with Crippen LogP contribution in [0.2, 0.25) is 0 Å². The first-order chi connectivity index (χ1) is 9.47. The number of piperidine rings is 1. The molecule has 7 nitrogen and oxygen atoms in total. The molecular formula is C12H22N2O5S. The molecule has 0 radical (unpaired) electrons. The fraction of sp³-hybridized carbons (Fsp3) is 0.750. The summed E-state index contributed by atoms with van der Waals surface area (Å²) in [5.41, 5.74) is 0. The second-order valence-corrected chi connectivity index (χ2v) is 6.38. The van der Waals surface area contributed by atoms with Crippen LogP contribution < -0.4 is 4.72 Å². The molecule has 0 bridgehead atoms. The van der Waals surface area contributed by atoms with Gasteiger partial charge in [-0.2, -0.15) is 17.4 Å². The third-order valence-electron chi connectivity index (χ3n) is 3.07. The highest BCUT2D eigenvalue weighted by Gasteiger charge is 2.31.